The van der Waals surface area contributed by atoms with Crippen molar-refractivity contribution in [3.05, 3.63) is 89.7 Å². The summed E-state index contributed by atoms with van der Waals surface area (Å²) in [6.45, 7) is 0. The van der Waals surface area contributed by atoms with Crippen LogP contribution < -0.4 is 5.32 Å². The van der Waals surface area contributed by atoms with Gasteiger partial charge in [-0.05, 0) is 48.2 Å². The number of hydrogen-bond acceptors (Lipinski definition) is 3. The van der Waals surface area contributed by atoms with Crippen molar-refractivity contribution in [2.24, 2.45) is 11.8 Å². The van der Waals surface area contributed by atoms with Gasteiger partial charge >= 0.3 is 5.97 Å². The molecule has 0 saturated heterocycles. The first-order chi connectivity index (χ1) is 14.9. The van der Waals surface area contributed by atoms with Crippen molar-refractivity contribution in [2.45, 2.75) is 12.8 Å². The monoisotopic (exact) mass is 417 g/mol. The topological polar surface area (TPSA) is 83.5 Å². The number of carboxylic acid groups (broad SMARTS) is 1. The number of benzene rings is 3. The second kappa shape index (κ2) is 8.52. The van der Waals surface area contributed by atoms with Crippen LogP contribution in [0.1, 0.15) is 33.6 Å². The van der Waals surface area contributed by atoms with Gasteiger partial charge in [-0.3, -0.25) is 14.4 Å². The molecule has 1 aliphatic carbocycles. The molecule has 31 heavy (non-hydrogen) atoms. The number of carboxylic acids is 1. The van der Waals surface area contributed by atoms with E-state index in [2.05, 4.69) is 5.32 Å². The van der Waals surface area contributed by atoms with Gasteiger partial charge in [0, 0.05) is 17.2 Å². The van der Waals surface area contributed by atoms with Crippen LogP contribution >= 0.6 is 0 Å². The van der Waals surface area contributed by atoms with Crippen molar-refractivity contribution in [2.75, 3.05) is 5.32 Å². The fourth-order valence-electron chi connectivity index (χ4n) is 3.74. The molecule has 4 rings (SSSR count). The fraction of sp³-hybridized carbons (Fsp3) is 0.160. The van der Waals surface area contributed by atoms with Crippen LogP contribution in [-0.2, 0) is 4.79 Å². The summed E-state index contributed by atoms with van der Waals surface area (Å²) in [5.74, 6) is -3.17. The number of aliphatic carboxylic acids is 1. The van der Waals surface area contributed by atoms with Gasteiger partial charge in [-0.25, -0.2) is 4.39 Å². The van der Waals surface area contributed by atoms with Crippen LogP contribution in [0.2, 0.25) is 0 Å². The van der Waals surface area contributed by atoms with Gasteiger partial charge in [0.2, 0.25) is 0 Å². The molecule has 0 heterocycles. The van der Waals surface area contributed by atoms with Gasteiger partial charge in [0.1, 0.15) is 5.82 Å². The van der Waals surface area contributed by atoms with Crippen LogP contribution in [0.5, 0.6) is 0 Å². The fourth-order valence-corrected chi connectivity index (χ4v) is 3.74. The number of amides is 1. The second-order valence-corrected chi connectivity index (χ2v) is 7.58. The van der Waals surface area contributed by atoms with Crippen LogP contribution in [0.3, 0.4) is 0 Å². The highest BCUT2D eigenvalue weighted by Crippen LogP contribution is 2.37. The summed E-state index contributed by atoms with van der Waals surface area (Å²) in [5, 5.41) is 11.8. The van der Waals surface area contributed by atoms with Gasteiger partial charge in [0.25, 0.3) is 5.91 Å². The van der Waals surface area contributed by atoms with E-state index in [1.807, 2.05) is 24.3 Å². The molecule has 0 aromatic heterocycles. The summed E-state index contributed by atoms with van der Waals surface area (Å²) in [4.78, 5) is 35.9. The molecular formula is C25H20FNO4. The molecule has 3 aromatic carbocycles. The van der Waals surface area contributed by atoms with E-state index in [0.29, 0.717) is 24.1 Å². The van der Waals surface area contributed by atoms with E-state index in [1.54, 1.807) is 30.3 Å². The summed E-state index contributed by atoms with van der Waals surface area (Å²) in [7, 11) is 0. The summed E-state index contributed by atoms with van der Waals surface area (Å²) in [6.07, 6.45) is 1.15. The average Bonchev–Trinajstić information content (AvgIpc) is 2.73. The highest BCUT2D eigenvalue weighted by atomic mass is 19.1. The van der Waals surface area contributed by atoms with Crippen molar-refractivity contribution in [1.82, 2.24) is 0 Å². The molecule has 1 aliphatic rings. The van der Waals surface area contributed by atoms with Crippen LogP contribution in [0, 0.1) is 17.7 Å². The van der Waals surface area contributed by atoms with Crippen LogP contribution in [0.25, 0.3) is 11.1 Å². The molecule has 3 aromatic rings. The Kier molecular flexibility index (Phi) is 5.62. The number of nitrogens with one attached hydrogen (secondary N) is 1. The number of rotatable bonds is 6. The quantitative estimate of drug-likeness (QED) is 0.551. The maximum absolute atomic E-state index is 13.7. The molecule has 2 atom stereocenters. The lowest BCUT2D eigenvalue weighted by Crippen LogP contribution is -2.38. The molecule has 1 amide bonds. The Morgan fingerprint density at radius 1 is 0.806 bits per heavy atom. The van der Waals surface area contributed by atoms with Crippen molar-refractivity contribution >= 4 is 23.3 Å². The minimum Gasteiger partial charge on any atom is -0.481 e. The minimum atomic E-state index is -0.914. The summed E-state index contributed by atoms with van der Waals surface area (Å²) in [6, 6.07) is 19.9. The zero-order valence-corrected chi connectivity index (χ0v) is 16.5. The smallest absolute Gasteiger partial charge is 0.307 e. The Balaban J connectivity index is 1.43. The van der Waals surface area contributed by atoms with Crippen molar-refractivity contribution < 1.29 is 23.9 Å². The lowest BCUT2D eigenvalue weighted by Gasteiger charge is -2.31. The molecular weight excluding hydrogens is 397 g/mol. The van der Waals surface area contributed by atoms with E-state index in [1.165, 1.54) is 18.2 Å². The highest BCUT2D eigenvalue weighted by molar-refractivity contribution is 6.04. The van der Waals surface area contributed by atoms with Gasteiger partial charge in [-0.1, -0.05) is 48.5 Å². The highest BCUT2D eigenvalue weighted by Gasteiger charge is 2.41. The van der Waals surface area contributed by atoms with Crippen LogP contribution in [-0.4, -0.2) is 22.8 Å². The Morgan fingerprint density at radius 2 is 1.39 bits per heavy atom. The van der Waals surface area contributed by atoms with Crippen molar-refractivity contribution in [1.29, 1.82) is 0 Å². The van der Waals surface area contributed by atoms with E-state index < -0.39 is 29.5 Å². The zero-order chi connectivity index (χ0) is 22.0. The minimum absolute atomic E-state index is 0.0246. The molecule has 0 bridgehead atoms. The summed E-state index contributed by atoms with van der Waals surface area (Å²) < 4.78 is 13.7. The Morgan fingerprint density at radius 3 is 1.94 bits per heavy atom. The van der Waals surface area contributed by atoms with E-state index in [9.17, 15) is 18.8 Å². The molecule has 0 spiro atoms. The lowest BCUT2D eigenvalue weighted by atomic mass is 9.70. The normalized spacial score (nSPS) is 17.5. The lowest BCUT2D eigenvalue weighted by molar-refractivity contribution is -0.146. The van der Waals surface area contributed by atoms with Crippen LogP contribution in [0.15, 0.2) is 72.8 Å². The van der Waals surface area contributed by atoms with E-state index >= 15 is 0 Å². The predicted molar refractivity (Wildman–Crippen MR) is 114 cm³/mol. The summed E-state index contributed by atoms with van der Waals surface area (Å²) >= 11 is 0. The van der Waals surface area contributed by atoms with Gasteiger partial charge in [0.05, 0.1) is 11.5 Å². The summed E-state index contributed by atoms with van der Waals surface area (Å²) in [5.41, 5.74) is 2.78. The number of Topliss-reactive ketones (excluding diaryl/α,β-unsaturated/α-hetero) is 1. The third kappa shape index (κ3) is 4.23. The largest absolute Gasteiger partial charge is 0.481 e. The Labute approximate surface area is 178 Å². The number of anilines is 1. The zero-order valence-electron chi connectivity index (χ0n) is 16.5. The van der Waals surface area contributed by atoms with Gasteiger partial charge < -0.3 is 10.4 Å². The third-order valence-electron chi connectivity index (χ3n) is 5.69. The molecule has 156 valence electrons. The SMILES string of the molecule is O=C(Nc1ccc(-c2ccc(C(=O)[C@@H]3CC[C@H]3C(=O)O)cc2)cc1)c1ccccc1F. The second-order valence-electron chi connectivity index (χ2n) is 7.58. The Hall–Kier alpha value is -3.80. The molecule has 0 aliphatic heterocycles. The van der Waals surface area contributed by atoms with Gasteiger partial charge in [-0.15, -0.1) is 0 Å². The molecule has 0 radical (unpaired) electrons. The maximum Gasteiger partial charge on any atom is 0.307 e. The first-order valence-electron chi connectivity index (χ1n) is 9.97. The maximum atomic E-state index is 13.7. The molecule has 1 saturated carbocycles. The number of ketones is 1. The predicted octanol–water partition coefficient (Wildman–Crippen LogP) is 5.04. The number of carbonyl (C=O) groups is 3. The third-order valence-corrected chi connectivity index (χ3v) is 5.69. The standard InChI is InChI=1S/C25H20FNO4/c26-22-4-2-1-3-21(22)24(29)27-18-11-9-16(10-12-18)15-5-7-17(8-6-15)23(28)19-13-14-20(19)25(30)31/h1-12,19-20H,13-14H2,(H,27,29)(H,30,31)/t19-,20-/m1/s1. The van der Waals surface area contributed by atoms with Crippen molar-refractivity contribution in [3.8, 4) is 11.1 Å². The number of hydrogen-bond donors (Lipinski definition) is 2. The van der Waals surface area contributed by atoms with Gasteiger partial charge in [-0.2, -0.15) is 0 Å². The first kappa shape index (κ1) is 20.5. The van der Waals surface area contributed by atoms with E-state index in [-0.39, 0.29) is 11.3 Å². The first-order valence-corrected chi connectivity index (χ1v) is 9.97. The number of carbonyl (C=O) groups excluding carboxylic acids is 2. The molecule has 1 fully saturated rings. The molecule has 0 unspecified atom stereocenters. The van der Waals surface area contributed by atoms with E-state index in [4.69, 9.17) is 5.11 Å². The molecule has 6 heteroatoms. The van der Waals surface area contributed by atoms with Crippen molar-refractivity contribution in [3.63, 3.8) is 0 Å². The average molecular weight is 417 g/mol. The molecule has 5 nitrogen and oxygen atoms in total. The Bertz CT molecular complexity index is 1140. The number of halogens is 1. The molecule has 2 N–H and O–H groups in total. The van der Waals surface area contributed by atoms with Crippen LogP contribution in [0.4, 0.5) is 10.1 Å². The van der Waals surface area contributed by atoms with E-state index in [0.717, 1.165) is 11.1 Å². The van der Waals surface area contributed by atoms with Gasteiger partial charge in [0.15, 0.2) is 5.78 Å².